The third kappa shape index (κ3) is 4.25. The van der Waals surface area contributed by atoms with E-state index in [1.165, 1.54) is 0 Å². The standard InChI is InChI=1S/C16H14F3N3OS/c17-16(18,19)12-8-9-20-15(22-12)24-13(10-4-2-1-3-5-10)14(23)21-11-6-7-11/h1-5,8-9,11,13H,6-7H2,(H,21,23)/t13-/m0/s1. The number of hydrogen-bond donors (Lipinski definition) is 1. The summed E-state index contributed by atoms with van der Waals surface area (Å²) in [5.74, 6) is -0.241. The lowest BCUT2D eigenvalue weighted by molar-refractivity contribution is -0.141. The van der Waals surface area contributed by atoms with Crippen molar-refractivity contribution >= 4 is 17.7 Å². The third-order valence-electron chi connectivity index (χ3n) is 3.41. The van der Waals surface area contributed by atoms with E-state index in [1.54, 1.807) is 24.3 Å². The zero-order valence-corrected chi connectivity index (χ0v) is 13.3. The summed E-state index contributed by atoms with van der Waals surface area (Å²) in [6.07, 6.45) is -1.63. The van der Waals surface area contributed by atoms with Crippen LogP contribution < -0.4 is 5.32 Å². The molecule has 126 valence electrons. The van der Waals surface area contributed by atoms with Crippen molar-refractivity contribution in [1.29, 1.82) is 0 Å². The van der Waals surface area contributed by atoms with Crippen molar-refractivity contribution in [2.45, 2.75) is 35.5 Å². The highest BCUT2D eigenvalue weighted by molar-refractivity contribution is 8.00. The van der Waals surface area contributed by atoms with Gasteiger partial charge in [0.1, 0.15) is 10.9 Å². The van der Waals surface area contributed by atoms with Crippen LogP contribution in [-0.2, 0) is 11.0 Å². The van der Waals surface area contributed by atoms with Crippen LogP contribution >= 0.6 is 11.8 Å². The number of rotatable bonds is 5. The molecule has 8 heteroatoms. The van der Waals surface area contributed by atoms with E-state index in [0.717, 1.165) is 36.9 Å². The maximum atomic E-state index is 12.8. The third-order valence-corrected chi connectivity index (χ3v) is 4.54. The molecule has 1 aromatic heterocycles. The molecule has 0 bridgehead atoms. The average Bonchev–Trinajstić information content (AvgIpc) is 3.37. The van der Waals surface area contributed by atoms with Crippen molar-refractivity contribution < 1.29 is 18.0 Å². The van der Waals surface area contributed by atoms with Gasteiger partial charge in [-0.15, -0.1) is 0 Å². The number of aromatic nitrogens is 2. The van der Waals surface area contributed by atoms with E-state index in [4.69, 9.17) is 0 Å². The highest BCUT2D eigenvalue weighted by Crippen LogP contribution is 2.36. The van der Waals surface area contributed by atoms with Gasteiger partial charge >= 0.3 is 6.18 Å². The highest BCUT2D eigenvalue weighted by Gasteiger charge is 2.34. The second kappa shape index (κ2) is 6.80. The molecule has 4 nitrogen and oxygen atoms in total. The summed E-state index contributed by atoms with van der Waals surface area (Å²) < 4.78 is 38.4. The van der Waals surface area contributed by atoms with Crippen molar-refractivity contribution in [2.75, 3.05) is 0 Å². The zero-order valence-electron chi connectivity index (χ0n) is 12.5. The van der Waals surface area contributed by atoms with Gasteiger partial charge in [0.25, 0.3) is 0 Å². The Morgan fingerprint density at radius 3 is 2.54 bits per heavy atom. The van der Waals surface area contributed by atoms with Gasteiger partial charge in [0.2, 0.25) is 5.91 Å². The number of alkyl halides is 3. The number of amides is 1. The molecule has 1 atom stereocenters. The van der Waals surface area contributed by atoms with Crippen LogP contribution in [0.3, 0.4) is 0 Å². The smallest absolute Gasteiger partial charge is 0.352 e. The predicted octanol–water partition coefficient (Wildman–Crippen LogP) is 3.61. The molecule has 0 spiro atoms. The fourth-order valence-electron chi connectivity index (χ4n) is 2.07. The second-order valence-electron chi connectivity index (χ2n) is 5.41. The summed E-state index contributed by atoms with van der Waals surface area (Å²) >= 11 is 0.916. The van der Waals surface area contributed by atoms with Crippen molar-refractivity contribution in [1.82, 2.24) is 15.3 Å². The Hall–Kier alpha value is -2.09. The van der Waals surface area contributed by atoms with Crippen molar-refractivity contribution in [3.05, 3.63) is 53.9 Å². The van der Waals surface area contributed by atoms with Crippen LogP contribution in [0.4, 0.5) is 13.2 Å². The number of benzene rings is 1. The molecule has 1 fully saturated rings. The largest absolute Gasteiger partial charge is 0.433 e. The molecule has 24 heavy (non-hydrogen) atoms. The molecular weight excluding hydrogens is 339 g/mol. The van der Waals surface area contributed by atoms with Crippen LogP contribution in [0.15, 0.2) is 47.8 Å². The molecule has 1 N–H and O–H groups in total. The van der Waals surface area contributed by atoms with Gasteiger partial charge in [-0.2, -0.15) is 13.2 Å². The first-order valence-electron chi connectivity index (χ1n) is 7.36. The highest BCUT2D eigenvalue weighted by atomic mass is 32.2. The molecule has 1 amide bonds. The van der Waals surface area contributed by atoms with E-state index in [1.807, 2.05) is 6.07 Å². The van der Waals surface area contributed by atoms with E-state index in [2.05, 4.69) is 15.3 Å². The number of carbonyl (C=O) groups is 1. The minimum Gasteiger partial charge on any atom is -0.352 e. The molecule has 1 aliphatic rings. The fourth-order valence-corrected chi connectivity index (χ4v) is 3.02. The molecule has 0 saturated heterocycles. The summed E-state index contributed by atoms with van der Waals surface area (Å²) in [6, 6.07) is 9.86. The predicted molar refractivity (Wildman–Crippen MR) is 83.2 cm³/mol. The molecule has 3 rings (SSSR count). The SMILES string of the molecule is O=C(NC1CC1)[C@@H](Sc1nccc(C(F)(F)F)n1)c1ccccc1. The molecule has 1 heterocycles. The lowest BCUT2D eigenvalue weighted by Gasteiger charge is -2.16. The first-order valence-corrected chi connectivity index (χ1v) is 8.23. The van der Waals surface area contributed by atoms with Crippen LogP contribution in [-0.4, -0.2) is 21.9 Å². The summed E-state index contributed by atoms with van der Waals surface area (Å²) in [5, 5.41) is 2.10. The van der Waals surface area contributed by atoms with Crippen molar-refractivity contribution in [3.8, 4) is 0 Å². The number of thioether (sulfide) groups is 1. The van der Waals surface area contributed by atoms with E-state index >= 15 is 0 Å². The maximum Gasteiger partial charge on any atom is 0.433 e. The van der Waals surface area contributed by atoms with Crippen LogP contribution in [0.25, 0.3) is 0 Å². The average molecular weight is 353 g/mol. The van der Waals surface area contributed by atoms with Gasteiger partial charge in [0.15, 0.2) is 5.16 Å². The van der Waals surface area contributed by atoms with Crippen LogP contribution in [0.2, 0.25) is 0 Å². The Labute approximate surface area is 140 Å². The first kappa shape index (κ1) is 16.8. The summed E-state index contributed by atoms with van der Waals surface area (Å²) in [7, 11) is 0. The van der Waals surface area contributed by atoms with Gasteiger partial charge in [0, 0.05) is 12.2 Å². The molecule has 0 unspecified atom stereocenters. The lowest BCUT2D eigenvalue weighted by atomic mass is 10.1. The van der Waals surface area contributed by atoms with E-state index < -0.39 is 17.1 Å². The van der Waals surface area contributed by atoms with Gasteiger partial charge in [0.05, 0.1) is 0 Å². The van der Waals surface area contributed by atoms with E-state index in [-0.39, 0.29) is 17.1 Å². The second-order valence-corrected chi connectivity index (χ2v) is 6.49. The Morgan fingerprint density at radius 1 is 1.21 bits per heavy atom. The minimum absolute atomic E-state index is 0.0791. The van der Waals surface area contributed by atoms with Crippen LogP contribution in [0.5, 0.6) is 0 Å². The molecule has 1 saturated carbocycles. The first-order chi connectivity index (χ1) is 11.4. The van der Waals surface area contributed by atoms with Gasteiger partial charge in [-0.1, -0.05) is 42.1 Å². The number of carbonyl (C=O) groups excluding carboxylic acids is 1. The lowest BCUT2D eigenvalue weighted by Crippen LogP contribution is -2.29. The Kier molecular flexibility index (Phi) is 4.75. The zero-order chi connectivity index (χ0) is 17.2. The normalized spacial score (nSPS) is 15.8. The Balaban J connectivity index is 1.85. The quantitative estimate of drug-likeness (QED) is 0.659. The number of halogens is 3. The van der Waals surface area contributed by atoms with Crippen molar-refractivity contribution in [3.63, 3.8) is 0 Å². The summed E-state index contributed by atoms with van der Waals surface area (Å²) in [4.78, 5) is 19.9. The van der Waals surface area contributed by atoms with Gasteiger partial charge in [-0.05, 0) is 24.5 Å². The van der Waals surface area contributed by atoms with Crippen molar-refractivity contribution in [2.24, 2.45) is 0 Å². The van der Waals surface area contributed by atoms with E-state index in [0.29, 0.717) is 5.56 Å². The van der Waals surface area contributed by atoms with Gasteiger partial charge in [-0.3, -0.25) is 4.79 Å². The molecular formula is C16H14F3N3OS. The van der Waals surface area contributed by atoms with Gasteiger partial charge < -0.3 is 5.32 Å². The van der Waals surface area contributed by atoms with Crippen LogP contribution in [0, 0.1) is 0 Å². The van der Waals surface area contributed by atoms with Crippen LogP contribution in [0.1, 0.15) is 29.3 Å². The number of hydrogen-bond acceptors (Lipinski definition) is 4. The van der Waals surface area contributed by atoms with E-state index in [9.17, 15) is 18.0 Å². The molecule has 0 aliphatic heterocycles. The number of nitrogens with zero attached hydrogens (tertiary/aromatic N) is 2. The van der Waals surface area contributed by atoms with Gasteiger partial charge in [-0.25, -0.2) is 9.97 Å². The fraction of sp³-hybridized carbons (Fsp3) is 0.312. The minimum atomic E-state index is -4.54. The topological polar surface area (TPSA) is 54.9 Å². The summed E-state index contributed by atoms with van der Waals surface area (Å²) in [6.45, 7) is 0. The molecule has 0 radical (unpaired) electrons. The Morgan fingerprint density at radius 2 is 1.92 bits per heavy atom. The summed E-state index contributed by atoms with van der Waals surface area (Å²) in [5.41, 5.74) is -0.323. The molecule has 2 aromatic rings. The monoisotopic (exact) mass is 353 g/mol. The Bertz CT molecular complexity index is 720. The molecule has 1 aliphatic carbocycles. The maximum absolute atomic E-state index is 12.8. The number of nitrogens with one attached hydrogen (secondary N) is 1. The molecule has 1 aromatic carbocycles.